The van der Waals surface area contributed by atoms with E-state index >= 15 is 0 Å². The van der Waals surface area contributed by atoms with Gasteiger partial charge in [0.2, 0.25) is 0 Å². The molecule has 0 aliphatic rings. The Balaban J connectivity index is 2.86. The van der Waals surface area contributed by atoms with Gasteiger partial charge in [-0.2, -0.15) is 0 Å². The summed E-state index contributed by atoms with van der Waals surface area (Å²) in [6, 6.07) is 4.67. The van der Waals surface area contributed by atoms with E-state index in [9.17, 15) is 4.79 Å². The second-order valence-electron chi connectivity index (χ2n) is 3.45. The van der Waals surface area contributed by atoms with E-state index < -0.39 is 5.97 Å². The molecule has 0 spiro atoms. The first-order valence-electron chi connectivity index (χ1n) is 4.81. The molecule has 0 heterocycles. The van der Waals surface area contributed by atoms with Crippen LogP contribution in [0.4, 0.5) is 0 Å². The number of halogens is 1. The minimum atomic E-state index is -0.469. The standard InChI is InChI=1S/C11H14ClNO3/c1-16-11(15)9-3-2-7(5-10(9)12)4-8(13)6-14/h2-3,5,8,14H,4,6,13H2,1H3. The molecule has 0 saturated heterocycles. The first-order valence-corrected chi connectivity index (χ1v) is 5.19. The predicted octanol–water partition coefficient (Wildman–Crippen LogP) is 0.989. The molecule has 1 aromatic rings. The molecule has 1 unspecified atom stereocenters. The molecule has 0 bridgehead atoms. The van der Waals surface area contributed by atoms with Crippen LogP contribution in [-0.2, 0) is 11.2 Å². The number of nitrogens with two attached hydrogens (primary N) is 1. The third kappa shape index (κ3) is 3.20. The van der Waals surface area contributed by atoms with Gasteiger partial charge in [0.25, 0.3) is 0 Å². The van der Waals surface area contributed by atoms with Crippen molar-refractivity contribution in [1.82, 2.24) is 0 Å². The summed E-state index contributed by atoms with van der Waals surface area (Å²) in [6.07, 6.45) is 0.512. The number of carbonyl (C=O) groups is 1. The number of hydrogen-bond donors (Lipinski definition) is 2. The third-order valence-corrected chi connectivity index (χ3v) is 2.48. The quantitative estimate of drug-likeness (QED) is 0.774. The molecule has 3 N–H and O–H groups in total. The van der Waals surface area contributed by atoms with E-state index in [0.29, 0.717) is 17.0 Å². The largest absolute Gasteiger partial charge is 0.465 e. The van der Waals surface area contributed by atoms with E-state index in [-0.39, 0.29) is 12.6 Å². The predicted molar refractivity (Wildman–Crippen MR) is 61.6 cm³/mol. The summed E-state index contributed by atoms with van der Waals surface area (Å²) in [5.74, 6) is -0.469. The Labute approximate surface area is 99.0 Å². The maximum atomic E-state index is 11.3. The third-order valence-electron chi connectivity index (χ3n) is 2.17. The first kappa shape index (κ1) is 13.0. The van der Waals surface area contributed by atoms with Crippen molar-refractivity contribution in [2.75, 3.05) is 13.7 Å². The first-order chi connectivity index (χ1) is 7.58. The maximum absolute atomic E-state index is 11.3. The van der Waals surface area contributed by atoms with Crippen LogP contribution >= 0.6 is 11.6 Å². The monoisotopic (exact) mass is 243 g/mol. The van der Waals surface area contributed by atoms with Crippen molar-refractivity contribution >= 4 is 17.6 Å². The van der Waals surface area contributed by atoms with E-state index in [2.05, 4.69) is 4.74 Å². The van der Waals surface area contributed by atoms with Crippen molar-refractivity contribution in [2.45, 2.75) is 12.5 Å². The lowest BCUT2D eigenvalue weighted by atomic mass is 10.1. The summed E-state index contributed by atoms with van der Waals surface area (Å²) in [6.45, 7) is -0.0869. The highest BCUT2D eigenvalue weighted by atomic mass is 35.5. The fraction of sp³-hybridized carbons (Fsp3) is 0.364. The van der Waals surface area contributed by atoms with Gasteiger partial charge in [-0.15, -0.1) is 0 Å². The summed E-state index contributed by atoms with van der Waals surface area (Å²) in [5, 5.41) is 9.14. The average Bonchev–Trinajstić information content (AvgIpc) is 2.28. The normalized spacial score (nSPS) is 12.2. The Morgan fingerprint density at radius 3 is 2.81 bits per heavy atom. The smallest absolute Gasteiger partial charge is 0.339 e. The average molecular weight is 244 g/mol. The molecule has 0 radical (unpaired) electrons. The van der Waals surface area contributed by atoms with Crippen LogP contribution < -0.4 is 5.73 Å². The van der Waals surface area contributed by atoms with Gasteiger partial charge in [-0.05, 0) is 24.1 Å². The fourth-order valence-corrected chi connectivity index (χ4v) is 1.61. The number of aliphatic hydroxyl groups excluding tert-OH is 1. The summed E-state index contributed by atoms with van der Waals surface area (Å²) in [7, 11) is 1.30. The van der Waals surface area contributed by atoms with Crippen LogP contribution in [0, 0.1) is 0 Å². The van der Waals surface area contributed by atoms with Gasteiger partial charge in [0.1, 0.15) is 0 Å². The molecule has 4 nitrogen and oxygen atoms in total. The second kappa shape index (κ2) is 5.84. The molecule has 0 fully saturated rings. The van der Waals surface area contributed by atoms with Crippen molar-refractivity contribution in [3.63, 3.8) is 0 Å². The Kier molecular flexibility index (Phi) is 4.73. The fourth-order valence-electron chi connectivity index (χ4n) is 1.33. The van der Waals surface area contributed by atoms with Crippen molar-refractivity contribution in [3.05, 3.63) is 34.3 Å². The van der Waals surface area contributed by atoms with E-state index in [0.717, 1.165) is 5.56 Å². The van der Waals surface area contributed by atoms with E-state index in [4.69, 9.17) is 22.4 Å². The highest BCUT2D eigenvalue weighted by Gasteiger charge is 2.11. The molecule has 0 aliphatic carbocycles. The van der Waals surface area contributed by atoms with Crippen LogP contribution in [0.25, 0.3) is 0 Å². The minimum absolute atomic E-state index is 0.0869. The number of hydrogen-bond acceptors (Lipinski definition) is 4. The van der Waals surface area contributed by atoms with Crippen LogP contribution in [0.3, 0.4) is 0 Å². The molecule has 0 aliphatic heterocycles. The number of carbonyl (C=O) groups excluding carboxylic acids is 1. The highest BCUT2D eigenvalue weighted by molar-refractivity contribution is 6.33. The molecule has 5 heteroatoms. The summed E-state index contributed by atoms with van der Waals surface area (Å²) in [4.78, 5) is 11.3. The van der Waals surface area contributed by atoms with Gasteiger partial charge in [0.05, 0.1) is 24.3 Å². The molecular weight excluding hydrogens is 230 g/mol. The van der Waals surface area contributed by atoms with Crippen molar-refractivity contribution in [3.8, 4) is 0 Å². The zero-order valence-corrected chi connectivity index (χ0v) is 9.70. The van der Waals surface area contributed by atoms with Gasteiger partial charge in [0, 0.05) is 6.04 Å². The van der Waals surface area contributed by atoms with Gasteiger partial charge < -0.3 is 15.6 Å². The molecule has 0 saturated carbocycles. The van der Waals surface area contributed by atoms with E-state index in [1.807, 2.05) is 0 Å². The Morgan fingerprint density at radius 2 is 2.31 bits per heavy atom. The van der Waals surface area contributed by atoms with Gasteiger partial charge in [0.15, 0.2) is 0 Å². The molecule has 0 aromatic heterocycles. The molecule has 88 valence electrons. The number of ether oxygens (including phenoxy) is 1. The molecule has 0 amide bonds. The SMILES string of the molecule is COC(=O)c1ccc(CC(N)CO)cc1Cl. The van der Waals surface area contributed by atoms with Crippen molar-refractivity contribution in [1.29, 1.82) is 0 Å². The number of methoxy groups -OCH3 is 1. The lowest BCUT2D eigenvalue weighted by Gasteiger charge is -2.09. The molecular formula is C11H14ClNO3. The number of esters is 1. The Bertz CT molecular complexity index is 381. The van der Waals surface area contributed by atoms with Crippen LogP contribution in [0.15, 0.2) is 18.2 Å². The lowest BCUT2D eigenvalue weighted by molar-refractivity contribution is 0.0601. The molecule has 1 atom stereocenters. The molecule has 16 heavy (non-hydrogen) atoms. The maximum Gasteiger partial charge on any atom is 0.339 e. The number of benzene rings is 1. The highest BCUT2D eigenvalue weighted by Crippen LogP contribution is 2.19. The van der Waals surface area contributed by atoms with Crippen molar-refractivity contribution in [2.24, 2.45) is 5.73 Å². The van der Waals surface area contributed by atoms with E-state index in [1.54, 1.807) is 18.2 Å². The van der Waals surface area contributed by atoms with Gasteiger partial charge in [-0.25, -0.2) is 4.79 Å². The second-order valence-corrected chi connectivity index (χ2v) is 3.86. The van der Waals surface area contributed by atoms with Crippen LogP contribution in [0.5, 0.6) is 0 Å². The zero-order chi connectivity index (χ0) is 12.1. The summed E-state index contributed by atoms with van der Waals surface area (Å²) < 4.78 is 4.57. The Hall–Kier alpha value is -1.10. The Morgan fingerprint density at radius 1 is 1.62 bits per heavy atom. The summed E-state index contributed by atoms with van der Waals surface area (Å²) in [5.41, 5.74) is 6.79. The number of aliphatic hydroxyl groups is 1. The topological polar surface area (TPSA) is 72.5 Å². The van der Waals surface area contributed by atoms with Gasteiger partial charge >= 0.3 is 5.97 Å². The van der Waals surface area contributed by atoms with Crippen LogP contribution in [-0.4, -0.2) is 30.8 Å². The lowest BCUT2D eigenvalue weighted by Crippen LogP contribution is -2.26. The van der Waals surface area contributed by atoms with Gasteiger partial charge in [-0.3, -0.25) is 0 Å². The number of rotatable bonds is 4. The van der Waals surface area contributed by atoms with Crippen LogP contribution in [0.1, 0.15) is 15.9 Å². The van der Waals surface area contributed by atoms with Gasteiger partial charge in [-0.1, -0.05) is 17.7 Å². The zero-order valence-electron chi connectivity index (χ0n) is 8.94. The summed E-state index contributed by atoms with van der Waals surface area (Å²) >= 11 is 5.93. The van der Waals surface area contributed by atoms with Crippen LogP contribution in [0.2, 0.25) is 5.02 Å². The molecule has 1 rings (SSSR count). The molecule has 1 aromatic carbocycles. The minimum Gasteiger partial charge on any atom is -0.465 e. The van der Waals surface area contributed by atoms with Crippen molar-refractivity contribution < 1.29 is 14.6 Å². The van der Waals surface area contributed by atoms with E-state index in [1.165, 1.54) is 7.11 Å².